The normalized spacial score (nSPS) is 13.4. The van der Waals surface area contributed by atoms with Gasteiger partial charge in [-0.2, -0.15) is 5.21 Å². The molecule has 0 saturated carbocycles. The van der Waals surface area contributed by atoms with Crippen LogP contribution in [0.15, 0.2) is 0 Å². The van der Waals surface area contributed by atoms with Crippen LogP contribution >= 0.6 is 0 Å². The second-order valence-corrected chi connectivity index (χ2v) is 5.60. The van der Waals surface area contributed by atoms with Gasteiger partial charge in [-0.25, -0.2) is 4.79 Å². The van der Waals surface area contributed by atoms with Crippen LogP contribution in [0.2, 0.25) is 0 Å². The SMILES string of the molecule is CC(C)C[C@H](NC(=O)OC(C)(C)C)c1nn[nH]n1. The average molecular weight is 255 g/mol. The van der Waals surface area contributed by atoms with E-state index < -0.39 is 11.7 Å². The van der Waals surface area contributed by atoms with E-state index in [4.69, 9.17) is 4.74 Å². The molecule has 0 aliphatic carbocycles. The lowest BCUT2D eigenvalue weighted by Crippen LogP contribution is -2.35. The number of ether oxygens (including phenoxy) is 1. The molecule has 1 aromatic rings. The molecule has 0 saturated heterocycles. The van der Waals surface area contributed by atoms with Crippen LogP contribution in [0.5, 0.6) is 0 Å². The van der Waals surface area contributed by atoms with Gasteiger partial charge in [-0.1, -0.05) is 19.1 Å². The molecule has 0 fully saturated rings. The van der Waals surface area contributed by atoms with Crippen molar-refractivity contribution in [2.75, 3.05) is 0 Å². The molecule has 0 aliphatic rings. The minimum Gasteiger partial charge on any atom is -0.444 e. The molecule has 1 amide bonds. The zero-order chi connectivity index (χ0) is 13.8. The minimum absolute atomic E-state index is 0.293. The van der Waals surface area contributed by atoms with Crippen LogP contribution in [0.25, 0.3) is 0 Å². The number of hydrogen-bond donors (Lipinski definition) is 2. The molecule has 18 heavy (non-hydrogen) atoms. The topological polar surface area (TPSA) is 92.8 Å². The smallest absolute Gasteiger partial charge is 0.408 e. The van der Waals surface area contributed by atoms with Crippen LogP contribution in [0, 0.1) is 5.92 Å². The highest BCUT2D eigenvalue weighted by atomic mass is 16.6. The quantitative estimate of drug-likeness (QED) is 0.855. The largest absolute Gasteiger partial charge is 0.444 e. The fraction of sp³-hybridized carbons (Fsp3) is 0.818. The Labute approximate surface area is 107 Å². The summed E-state index contributed by atoms with van der Waals surface area (Å²) in [6, 6.07) is -0.293. The van der Waals surface area contributed by atoms with Crippen LogP contribution in [0.4, 0.5) is 4.79 Å². The summed E-state index contributed by atoms with van der Waals surface area (Å²) < 4.78 is 5.21. The van der Waals surface area contributed by atoms with Gasteiger partial charge in [0.15, 0.2) is 5.82 Å². The lowest BCUT2D eigenvalue weighted by Gasteiger charge is -2.23. The molecule has 1 atom stereocenters. The molecule has 0 aromatic carbocycles. The number of H-pyrrole nitrogens is 1. The molecule has 1 heterocycles. The van der Waals surface area contributed by atoms with Crippen molar-refractivity contribution in [2.45, 2.75) is 52.7 Å². The Kier molecular flexibility index (Phi) is 4.63. The third-order valence-corrected chi connectivity index (χ3v) is 2.07. The number of aromatic amines is 1. The predicted octanol–water partition coefficient (Wildman–Crippen LogP) is 1.81. The van der Waals surface area contributed by atoms with Crippen molar-refractivity contribution in [1.29, 1.82) is 0 Å². The van der Waals surface area contributed by atoms with Gasteiger partial charge in [0.05, 0.1) is 6.04 Å². The number of aromatic nitrogens is 4. The highest BCUT2D eigenvalue weighted by Crippen LogP contribution is 2.18. The van der Waals surface area contributed by atoms with E-state index in [0.717, 1.165) is 6.42 Å². The lowest BCUT2D eigenvalue weighted by molar-refractivity contribution is 0.0495. The average Bonchev–Trinajstić information content (AvgIpc) is 2.64. The number of amides is 1. The van der Waals surface area contributed by atoms with E-state index in [9.17, 15) is 4.79 Å². The van der Waals surface area contributed by atoms with E-state index in [0.29, 0.717) is 11.7 Å². The molecule has 0 aliphatic heterocycles. The van der Waals surface area contributed by atoms with Crippen molar-refractivity contribution in [1.82, 2.24) is 25.9 Å². The number of carbonyl (C=O) groups excluding carboxylic acids is 1. The van der Waals surface area contributed by atoms with Gasteiger partial charge in [0, 0.05) is 0 Å². The molecular formula is C11H21N5O2. The van der Waals surface area contributed by atoms with Crippen molar-refractivity contribution >= 4 is 6.09 Å². The molecule has 0 unspecified atom stereocenters. The summed E-state index contributed by atoms with van der Waals surface area (Å²) in [6.07, 6.45) is 0.247. The third kappa shape index (κ3) is 5.11. The Morgan fingerprint density at radius 3 is 2.56 bits per heavy atom. The van der Waals surface area contributed by atoms with Crippen LogP contribution in [0.1, 0.15) is 52.9 Å². The van der Waals surface area contributed by atoms with Gasteiger partial charge in [0.25, 0.3) is 0 Å². The van der Waals surface area contributed by atoms with E-state index in [-0.39, 0.29) is 6.04 Å². The van der Waals surface area contributed by atoms with Gasteiger partial charge < -0.3 is 10.1 Å². The van der Waals surface area contributed by atoms with E-state index in [1.54, 1.807) is 0 Å². The van der Waals surface area contributed by atoms with Crippen molar-refractivity contribution in [3.63, 3.8) is 0 Å². The zero-order valence-corrected chi connectivity index (χ0v) is 11.5. The molecule has 1 aromatic heterocycles. The Hall–Kier alpha value is -1.66. The molecule has 0 spiro atoms. The van der Waals surface area contributed by atoms with Crippen molar-refractivity contribution in [3.05, 3.63) is 5.82 Å². The second kappa shape index (κ2) is 5.79. The Bertz CT molecular complexity index is 369. The molecule has 2 N–H and O–H groups in total. The van der Waals surface area contributed by atoms with Crippen LogP contribution < -0.4 is 5.32 Å². The highest BCUT2D eigenvalue weighted by molar-refractivity contribution is 5.68. The van der Waals surface area contributed by atoms with Gasteiger partial charge in [-0.05, 0) is 33.1 Å². The van der Waals surface area contributed by atoms with Crippen molar-refractivity contribution < 1.29 is 9.53 Å². The molecule has 7 nitrogen and oxygen atoms in total. The Morgan fingerprint density at radius 2 is 2.11 bits per heavy atom. The number of rotatable bonds is 4. The first-order valence-corrected chi connectivity index (χ1v) is 6.01. The van der Waals surface area contributed by atoms with Crippen LogP contribution in [0.3, 0.4) is 0 Å². The number of carbonyl (C=O) groups is 1. The monoisotopic (exact) mass is 255 g/mol. The highest BCUT2D eigenvalue weighted by Gasteiger charge is 2.23. The van der Waals surface area contributed by atoms with Gasteiger partial charge in [0.1, 0.15) is 5.60 Å². The standard InChI is InChI=1S/C11H21N5O2/c1-7(2)6-8(9-13-15-16-14-9)12-10(17)18-11(3,4)5/h7-8H,6H2,1-5H3,(H,12,17)(H,13,14,15,16)/t8-/m0/s1. The van der Waals surface area contributed by atoms with Crippen molar-refractivity contribution in [3.8, 4) is 0 Å². The maximum Gasteiger partial charge on any atom is 0.408 e. The first-order valence-electron chi connectivity index (χ1n) is 6.01. The number of hydrogen-bond acceptors (Lipinski definition) is 5. The Morgan fingerprint density at radius 1 is 1.44 bits per heavy atom. The lowest BCUT2D eigenvalue weighted by atomic mass is 10.0. The first kappa shape index (κ1) is 14.4. The number of nitrogens with one attached hydrogen (secondary N) is 2. The minimum atomic E-state index is -0.524. The van der Waals surface area contributed by atoms with Gasteiger partial charge in [0.2, 0.25) is 0 Å². The fourth-order valence-corrected chi connectivity index (χ4v) is 1.47. The summed E-state index contributed by atoms with van der Waals surface area (Å²) in [5.74, 6) is 0.859. The summed E-state index contributed by atoms with van der Waals surface area (Å²) in [7, 11) is 0. The maximum absolute atomic E-state index is 11.7. The first-order chi connectivity index (χ1) is 8.28. The van der Waals surface area contributed by atoms with E-state index in [2.05, 4.69) is 39.8 Å². The number of nitrogens with zero attached hydrogens (tertiary/aromatic N) is 3. The molecule has 7 heteroatoms. The van der Waals surface area contributed by atoms with E-state index in [1.165, 1.54) is 0 Å². The summed E-state index contributed by atoms with van der Waals surface area (Å²) in [5.41, 5.74) is -0.524. The molecule has 102 valence electrons. The fourth-order valence-electron chi connectivity index (χ4n) is 1.47. The van der Waals surface area contributed by atoms with E-state index >= 15 is 0 Å². The van der Waals surface area contributed by atoms with E-state index in [1.807, 2.05) is 20.8 Å². The van der Waals surface area contributed by atoms with Crippen molar-refractivity contribution in [2.24, 2.45) is 5.92 Å². The number of alkyl carbamates (subject to hydrolysis) is 1. The maximum atomic E-state index is 11.7. The zero-order valence-electron chi connectivity index (χ0n) is 11.5. The predicted molar refractivity (Wildman–Crippen MR) is 65.7 cm³/mol. The summed E-state index contributed by atoms with van der Waals surface area (Å²) in [5, 5.41) is 16.5. The molecule has 0 bridgehead atoms. The number of tetrazole rings is 1. The van der Waals surface area contributed by atoms with Gasteiger partial charge in [-0.15, -0.1) is 10.2 Å². The summed E-state index contributed by atoms with van der Waals surface area (Å²) >= 11 is 0. The van der Waals surface area contributed by atoms with Crippen LogP contribution in [-0.2, 0) is 4.74 Å². The van der Waals surface area contributed by atoms with Gasteiger partial charge >= 0.3 is 6.09 Å². The third-order valence-electron chi connectivity index (χ3n) is 2.07. The molecule has 0 radical (unpaired) electrons. The summed E-state index contributed by atoms with van der Waals surface area (Å²) in [6.45, 7) is 9.57. The molecule has 1 rings (SSSR count). The molecular weight excluding hydrogens is 234 g/mol. The van der Waals surface area contributed by atoms with Crippen LogP contribution in [-0.4, -0.2) is 32.3 Å². The van der Waals surface area contributed by atoms with Gasteiger partial charge in [-0.3, -0.25) is 0 Å². The Balaban J connectivity index is 2.65. The second-order valence-electron chi connectivity index (χ2n) is 5.60. The summed E-state index contributed by atoms with van der Waals surface area (Å²) in [4.78, 5) is 11.7.